The average molecular weight is 191 g/mol. The molecule has 0 aromatic heterocycles. The van der Waals surface area contributed by atoms with Crippen LogP contribution in [0.15, 0.2) is 18.2 Å². The second-order valence-electron chi connectivity index (χ2n) is 4.26. The lowest BCUT2D eigenvalue weighted by Gasteiger charge is -2.16. The van der Waals surface area contributed by atoms with Crippen LogP contribution in [0.25, 0.3) is 0 Å². The van der Waals surface area contributed by atoms with Crippen molar-refractivity contribution in [3.8, 4) is 0 Å². The highest BCUT2D eigenvalue weighted by molar-refractivity contribution is 5.36. The Morgan fingerprint density at radius 2 is 1.79 bits per heavy atom. The van der Waals surface area contributed by atoms with Crippen molar-refractivity contribution in [2.24, 2.45) is 5.73 Å². The topological polar surface area (TPSA) is 26.0 Å². The van der Waals surface area contributed by atoms with Crippen LogP contribution in [0.1, 0.15) is 56.3 Å². The smallest absolute Gasteiger partial charge is 0.0269 e. The van der Waals surface area contributed by atoms with E-state index in [9.17, 15) is 0 Å². The second-order valence-corrected chi connectivity index (χ2v) is 4.26. The van der Waals surface area contributed by atoms with Crippen LogP contribution in [0, 0.1) is 0 Å². The Bertz CT molecular complexity index is 300. The van der Waals surface area contributed by atoms with E-state index in [2.05, 4.69) is 45.9 Å². The molecule has 1 nitrogen and oxygen atoms in total. The molecule has 0 saturated carbocycles. The van der Waals surface area contributed by atoms with Crippen LogP contribution in [0.2, 0.25) is 0 Å². The average Bonchev–Trinajstić information content (AvgIpc) is 2.16. The lowest BCUT2D eigenvalue weighted by Crippen LogP contribution is -2.09. The lowest BCUT2D eigenvalue weighted by molar-refractivity contribution is 0.762. The maximum atomic E-state index is 5.98. The summed E-state index contributed by atoms with van der Waals surface area (Å²) in [5, 5.41) is 0. The Kier molecular flexibility index (Phi) is 3.70. The Morgan fingerprint density at radius 1 is 1.14 bits per heavy atom. The van der Waals surface area contributed by atoms with Crippen molar-refractivity contribution < 1.29 is 0 Å². The molecule has 0 fully saturated rings. The van der Waals surface area contributed by atoms with Gasteiger partial charge in [0.1, 0.15) is 0 Å². The number of rotatable bonds is 3. The van der Waals surface area contributed by atoms with Crippen molar-refractivity contribution in [2.45, 2.75) is 46.1 Å². The maximum Gasteiger partial charge on any atom is 0.0269 e. The number of aryl methyl sites for hydroxylation is 1. The second kappa shape index (κ2) is 4.61. The van der Waals surface area contributed by atoms with Gasteiger partial charge in [-0.1, -0.05) is 39.0 Å². The minimum absolute atomic E-state index is 0.138. The SMILES string of the molecule is CCc1ccc(C(C)C)c(C(C)N)c1. The number of hydrogen-bond acceptors (Lipinski definition) is 1. The molecule has 1 rings (SSSR count). The molecule has 1 aromatic rings. The van der Waals surface area contributed by atoms with Crippen molar-refractivity contribution >= 4 is 0 Å². The van der Waals surface area contributed by atoms with Gasteiger partial charge >= 0.3 is 0 Å². The van der Waals surface area contributed by atoms with Crippen molar-refractivity contribution in [3.63, 3.8) is 0 Å². The van der Waals surface area contributed by atoms with Gasteiger partial charge in [0.25, 0.3) is 0 Å². The predicted octanol–water partition coefficient (Wildman–Crippen LogP) is 3.39. The highest BCUT2D eigenvalue weighted by Gasteiger charge is 2.10. The third kappa shape index (κ3) is 2.36. The van der Waals surface area contributed by atoms with Crippen LogP contribution in [-0.4, -0.2) is 0 Å². The molecular weight excluding hydrogens is 170 g/mol. The van der Waals surface area contributed by atoms with Gasteiger partial charge in [-0.3, -0.25) is 0 Å². The zero-order valence-electron chi connectivity index (χ0n) is 9.67. The minimum atomic E-state index is 0.138. The van der Waals surface area contributed by atoms with E-state index in [0.717, 1.165) is 6.42 Å². The highest BCUT2D eigenvalue weighted by atomic mass is 14.6. The fourth-order valence-electron chi connectivity index (χ4n) is 1.76. The summed E-state index contributed by atoms with van der Waals surface area (Å²) in [5.74, 6) is 0.557. The molecule has 1 heteroatoms. The summed E-state index contributed by atoms with van der Waals surface area (Å²) >= 11 is 0. The van der Waals surface area contributed by atoms with Crippen molar-refractivity contribution in [1.82, 2.24) is 0 Å². The van der Waals surface area contributed by atoms with Gasteiger partial charge in [-0.25, -0.2) is 0 Å². The molecule has 0 spiro atoms. The van der Waals surface area contributed by atoms with Gasteiger partial charge < -0.3 is 5.73 Å². The van der Waals surface area contributed by atoms with E-state index in [1.165, 1.54) is 16.7 Å². The largest absolute Gasteiger partial charge is 0.324 e. The highest BCUT2D eigenvalue weighted by Crippen LogP contribution is 2.25. The summed E-state index contributed by atoms with van der Waals surface area (Å²) in [6.07, 6.45) is 1.08. The zero-order valence-corrected chi connectivity index (χ0v) is 9.67. The first-order valence-electron chi connectivity index (χ1n) is 5.44. The number of benzene rings is 1. The predicted molar refractivity (Wildman–Crippen MR) is 62.5 cm³/mol. The van der Waals surface area contributed by atoms with Crippen LogP contribution in [0.4, 0.5) is 0 Å². The fourth-order valence-corrected chi connectivity index (χ4v) is 1.76. The lowest BCUT2D eigenvalue weighted by atomic mass is 9.91. The minimum Gasteiger partial charge on any atom is -0.324 e. The van der Waals surface area contributed by atoms with E-state index in [1.807, 2.05) is 0 Å². The molecule has 14 heavy (non-hydrogen) atoms. The van der Waals surface area contributed by atoms with Gasteiger partial charge in [-0.2, -0.15) is 0 Å². The summed E-state index contributed by atoms with van der Waals surface area (Å²) in [4.78, 5) is 0. The molecule has 0 aliphatic heterocycles. The molecule has 0 aliphatic carbocycles. The van der Waals surface area contributed by atoms with Crippen LogP contribution in [-0.2, 0) is 6.42 Å². The summed E-state index contributed by atoms with van der Waals surface area (Å²) in [5.41, 5.74) is 10.0. The quantitative estimate of drug-likeness (QED) is 0.778. The van der Waals surface area contributed by atoms with Crippen LogP contribution in [0.5, 0.6) is 0 Å². The van der Waals surface area contributed by atoms with E-state index in [1.54, 1.807) is 0 Å². The molecule has 0 bridgehead atoms. The van der Waals surface area contributed by atoms with Gasteiger partial charge in [0.2, 0.25) is 0 Å². The molecule has 78 valence electrons. The van der Waals surface area contributed by atoms with Crippen molar-refractivity contribution in [3.05, 3.63) is 34.9 Å². The first-order valence-corrected chi connectivity index (χ1v) is 5.44. The molecule has 0 saturated heterocycles. The Labute approximate surface area is 87.3 Å². The first kappa shape index (κ1) is 11.3. The fraction of sp³-hybridized carbons (Fsp3) is 0.538. The standard InChI is InChI=1S/C13H21N/c1-5-11-6-7-12(9(2)3)13(8-11)10(4)14/h6-10H,5,14H2,1-4H3. The number of nitrogens with two attached hydrogens (primary N) is 1. The third-order valence-corrected chi connectivity index (χ3v) is 2.67. The van der Waals surface area contributed by atoms with Crippen LogP contribution < -0.4 is 5.73 Å². The molecule has 2 N–H and O–H groups in total. The van der Waals surface area contributed by atoms with E-state index < -0.39 is 0 Å². The zero-order chi connectivity index (χ0) is 10.7. The summed E-state index contributed by atoms with van der Waals surface area (Å²) in [6.45, 7) is 8.66. The maximum absolute atomic E-state index is 5.98. The molecule has 0 aliphatic rings. The summed E-state index contributed by atoms with van der Waals surface area (Å²) < 4.78 is 0. The first-order chi connectivity index (χ1) is 6.56. The molecular formula is C13H21N. The van der Waals surface area contributed by atoms with E-state index in [4.69, 9.17) is 5.73 Å². The monoisotopic (exact) mass is 191 g/mol. The Hall–Kier alpha value is -0.820. The van der Waals surface area contributed by atoms with Crippen LogP contribution >= 0.6 is 0 Å². The Balaban J connectivity index is 3.17. The Morgan fingerprint density at radius 3 is 2.21 bits per heavy atom. The van der Waals surface area contributed by atoms with Gasteiger partial charge in [-0.15, -0.1) is 0 Å². The van der Waals surface area contributed by atoms with Crippen molar-refractivity contribution in [2.75, 3.05) is 0 Å². The number of hydrogen-bond donors (Lipinski definition) is 1. The van der Waals surface area contributed by atoms with Gasteiger partial charge in [-0.05, 0) is 36.0 Å². The molecule has 0 amide bonds. The van der Waals surface area contributed by atoms with Gasteiger partial charge in [0.15, 0.2) is 0 Å². The van der Waals surface area contributed by atoms with E-state index >= 15 is 0 Å². The molecule has 1 aromatic carbocycles. The van der Waals surface area contributed by atoms with Crippen LogP contribution in [0.3, 0.4) is 0 Å². The normalized spacial score (nSPS) is 13.3. The third-order valence-electron chi connectivity index (χ3n) is 2.67. The molecule has 0 radical (unpaired) electrons. The van der Waals surface area contributed by atoms with Gasteiger partial charge in [0.05, 0.1) is 0 Å². The summed E-state index contributed by atoms with van der Waals surface area (Å²) in [7, 11) is 0. The molecule has 1 atom stereocenters. The molecule has 1 unspecified atom stereocenters. The molecule has 0 heterocycles. The van der Waals surface area contributed by atoms with E-state index in [0.29, 0.717) is 5.92 Å². The summed E-state index contributed by atoms with van der Waals surface area (Å²) in [6, 6.07) is 6.82. The van der Waals surface area contributed by atoms with Gasteiger partial charge in [0, 0.05) is 6.04 Å². The van der Waals surface area contributed by atoms with Crippen molar-refractivity contribution in [1.29, 1.82) is 0 Å². The van der Waals surface area contributed by atoms with E-state index in [-0.39, 0.29) is 6.04 Å².